The highest BCUT2D eigenvalue weighted by Gasteiger charge is 2.37. The Hall–Kier alpha value is -0.590. The Balaban J connectivity index is 1.96. The summed E-state index contributed by atoms with van der Waals surface area (Å²) in [4.78, 5) is 11.8. The summed E-state index contributed by atoms with van der Waals surface area (Å²) < 4.78 is 22.2. The minimum Gasteiger partial charge on any atom is -0.349 e. The number of carbonyl (C=O) groups excluding carboxylic acids is 1. The van der Waals surface area contributed by atoms with Crippen LogP contribution in [0.25, 0.3) is 0 Å². The number of hydrogen-bond donors (Lipinski definition) is 1. The van der Waals surface area contributed by atoms with Crippen LogP contribution < -0.4 is 5.32 Å². The minimum absolute atomic E-state index is 0.00946. The molecular weight excluding hydrogens is 294 g/mol. The maximum Gasteiger partial charge on any atom is 0.270 e. The normalized spacial score (nSPS) is 22.8. The highest BCUT2D eigenvalue weighted by atomic mass is 35.7. The summed E-state index contributed by atoms with van der Waals surface area (Å²) in [7, 11) is 1.47. The second kappa shape index (κ2) is 5.19. The fourth-order valence-electron chi connectivity index (χ4n) is 1.93. The van der Waals surface area contributed by atoms with Crippen LogP contribution in [0, 0.1) is 5.92 Å². The van der Waals surface area contributed by atoms with E-state index in [-0.39, 0.29) is 16.2 Å². The van der Waals surface area contributed by atoms with Crippen LogP contribution in [-0.2, 0) is 9.05 Å². The second-order valence-electron chi connectivity index (χ2n) is 4.46. The molecule has 0 aliphatic heterocycles. The Kier molecular flexibility index (Phi) is 3.99. The third-order valence-electron chi connectivity index (χ3n) is 2.98. The van der Waals surface area contributed by atoms with Gasteiger partial charge in [0.05, 0.1) is 5.56 Å². The number of halogens is 1. The van der Waals surface area contributed by atoms with Crippen LogP contribution >= 0.6 is 22.0 Å². The molecular formula is C11H14ClNO3S2. The molecule has 1 aromatic rings. The van der Waals surface area contributed by atoms with Crippen molar-refractivity contribution in [3.05, 3.63) is 17.0 Å². The van der Waals surface area contributed by atoms with Gasteiger partial charge in [0.25, 0.3) is 15.0 Å². The first-order valence-corrected chi connectivity index (χ1v) is 8.94. The van der Waals surface area contributed by atoms with E-state index >= 15 is 0 Å². The zero-order valence-electron chi connectivity index (χ0n) is 9.85. The Morgan fingerprint density at radius 2 is 2.33 bits per heavy atom. The van der Waals surface area contributed by atoms with E-state index in [1.165, 1.54) is 11.4 Å². The Morgan fingerprint density at radius 3 is 2.89 bits per heavy atom. The summed E-state index contributed by atoms with van der Waals surface area (Å²) >= 11 is 0.963. The SMILES string of the molecule is CCCC1CC1NC(=O)c1csc(S(=O)(=O)Cl)c1. The lowest BCUT2D eigenvalue weighted by molar-refractivity contribution is 0.0949. The standard InChI is InChI=1S/C11H14ClNO3S2/c1-2-3-7-4-9(7)13-11(14)8-5-10(17-6-8)18(12,15)16/h5-7,9H,2-4H2,1H3,(H,13,14). The highest BCUT2D eigenvalue weighted by molar-refractivity contribution is 8.15. The van der Waals surface area contributed by atoms with Crippen LogP contribution in [0.2, 0.25) is 0 Å². The van der Waals surface area contributed by atoms with Crippen LogP contribution in [0.3, 0.4) is 0 Å². The van der Waals surface area contributed by atoms with E-state index in [1.807, 2.05) is 0 Å². The quantitative estimate of drug-likeness (QED) is 0.850. The molecule has 0 aromatic carbocycles. The lowest BCUT2D eigenvalue weighted by Gasteiger charge is -2.01. The molecule has 1 N–H and O–H groups in total. The number of hydrogen-bond acceptors (Lipinski definition) is 4. The molecule has 4 nitrogen and oxygen atoms in total. The number of thiophene rings is 1. The van der Waals surface area contributed by atoms with E-state index in [0.29, 0.717) is 11.5 Å². The predicted molar refractivity (Wildman–Crippen MR) is 71.6 cm³/mol. The van der Waals surface area contributed by atoms with Crippen molar-refractivity contribution < 1.29 is 13.2 Å². The molecule has 1 heterocycles. The third-order valence-corrected chi connectivity index (χ3v) is 6.02. The molecule has 1 aromatic heterocycles. The summed E-state index contributed by atoms with van der Waals surface area (Å²) in [6.07, 6.45) is 3.25. The van der Waals surface area contributed by atoms with Gasteiger partial charge in [-0.1, -0.05) is 13.3 Å². The van der Waals surface area contributed by atoms with Gasteiger partial charge in [-0.3, -0.25) is 4.79 Å². The van der Waals surface area contributed by atoms with Gasteiger partial charge < -0.3 is 5.32 Å². The average Bonchev–Trinajstić information content (AvgIpc) is 2.82. The van der Waals surface area contributed by atoms with E-state index < -0.39 is 9.05 Å². The number of rotatable bonds is 5. The van der Waals surface area contributed by atoms with Gasteiger partial charge in [-0.15, -0.1) is 11.3 Å². The van der Waals surface area contributed by atoms with E-state index in [9.17, 15) is 13.2 Å². The van der Waals surface area contributed by atoms with Crippen LogP contribution in [0.1, 0.15) is 36.5 Å². The fraction of sp³-hybridized carbons (Fsp3) is 0.545. The zero-order chi connectivity index (χ0) is 13.3. The molecule has 1 aliphatic rings. The molecule has 2 unspecified atom stereocenters. The van der Waals surface area contributed by atoms with E-state index in [4.69, 9.17) is 10.7 Å². The van der Waals surface area contributed by atoms with Crippen LogP contribution in [0.15, 0.2) is 15.7 Å². The first-order chi connectivity index (χ1) is 8.41. The molecule has 0 bridgehead atoms. The van der Waals surface area contributed by atoms with Crippen molar-refractivity contribution >= 4 is 37.0 Å². The first kappa shape index (κ1) is 13.8. The Bertz CT molecular complexity index is 552. The summed E-state index contributed by atoms with van der Waals surface area (Å²) in [5, 5.41) is 4.42. The maximum atomic E-state index is 11.8. The van der Waals surface area contributed by atoms with E-state index in [1.54, 1.807) is 0 Å². The Labute approximate surface area is 115 Å². The van der Waals surface area contributed by atoms with Gasteiger partial charge in [-0.2, -0.15) is 0 Å². The third kappa shape index (κ3) is 3.24. The molecule has 0 saturated heterocycles. The number of carbonyl (C=O) groups is 1. The molecule has 1 aliphatic carbocycles. The van der Waals surface area contributed by atoms with Crippen LogP contribution in [-0.4, -0.2) is 20.4 Å². The Morgan fingerprint density at radius 1 is 1.61 bits per heavy atom. The van der Waals surface area contributed by atoms with E-state index in [0.717, 1.165) is 30.6 Å². The summed E-state index contributed by atoms with van der Waals surface area (Å²) in [5.41, 5.74) is 0.362. The van der Waals surface area contributed by atoms with Gasteiger partial charge in [0.1, 0.15) is 4.21 Å². The highest BCUT2D eigenvalue weighted by Crippen LogP contribution is 2.35. The van der Waals surface area contributed by atoms with Crippen molar-refractivity contribution in [3.63, 3.8) is 0 Å². The lowest BCUT2D eigenvalue weighted by Crippen LogP contribution is -2.26. The number of nitrogens with one attached hydrogen (secondary N) is 1. The van der Waals surface area contributed by atoms with Gasteiger partial charge in [-0.05, 0) is 24.8 Å². The molecule has 0 spiro atoms. The summed E-state index contributed by atoms with van der Waals surface area (Å²) in [6.45, 7) is 2.12. The molecule has 100 valence electrons. The smallest absolute Gasteiger partial charge is 0.270 e. The molecule has 1 fully saturated rings. The zero-order valence-corrected chi connectivity index (χ0v) is 12.2. The van der Waals surface area contributed by atoms with Gasteiger partial charge in [-0.25, -0.2) is 8.42 Å². The van der Waals surface area contributed by atoms with Crippen LogP contribution in [0.4, 0.5) is 0 Å². The summed E-state index contributed by atoms with van der Waals surface area (Å²) in [6, 6.07) is 1.56. The van der Waals surface area contributed by atoms with Gasteiger partial charge in [0, 0.05) is 22.1 Å². The first-order valence-electron chi connectivity index (χ1n) is 5.76. The predicted octanol–water partition coefficient (Wildman–Crippen LogP) is 2.59. The molecule has 2 atom stereocenters. The van der Waals surface area contributed by atoms with Crippen molar-refractivity contribution in [2.45, 2.75) is 36.4 Å². The molecule has 7 heteroatoms. The summed E-state index contributed by atoms with van der Waals surface area (Å²) in [5.74, 6) is 0.357. The van der Waals surface area contributed by atoms with Crippen LogP contribution in [0.5, 0.6) is 0 Å². The van der Waals surface area contributed by atoms with E-state index in [2.05, 4.69) is 12.2 Å². The second-order valence-corrected chi connectivity index (χ2v) is 8.16. The number of amides is 1. The largest absolute Gasteiger partial charge is 0.349 e. The minimum atomic E-state index is -3.74. The topological polar surface area (TPSA) is 63.2 Å². The van der Waals surface area contributed by atoms with Crippen molar-refractivity contribution in [1.82, 2.24) is 5.32 Å². The van der Waals surface area contributed by atoms with Crippen molar-refractivity contribution in [1.29, 1.82) is 0 Å². The lowest BCUT2D eigenvalue weighted by atomic mass is 10.2. The molecule has 2 rings (SSSR count). The monoisotopic (exact) mass is 307 g/mol. The average molecular weight is 308 g/mol. The molecule has 1 amide bonds. The fourth-order valence-corrected chi connectivity index (χ4v) is 3.88. The molecule has 1 saturated carbocycles. The van der Waals surface area contributed by atoms with Crippen molar-refractivity contribution in [3.8, 4) is 0 Å². The van der Waals surface area contributed by atoms with Gasteiger partial charge >= 0.3 is 0 Å². The van der Waals surface area contributed by atoms with Crippen molar-refractivity contribution in [2.24, 2.45) is 5.92 Å². The van der Waals surface area contributed by atoms with Gasteiger partial charge in [0.2, 0.25) is 0 Å². The molecule has 18 heavy (non-hydrogen) atoms. The molecule has 0 radical (unpaired) electrons. The maximum absolute atomic E-state index is 11.8. The van der Waals surface area contributed by atoms with Gasteiger partial charge in [0.15, 0.2) is 0 Å². The van der Waals surface area contributed by atoms with Crippen molar-refractivity contribution in [2.75, 3.05) is 0 Å².